The first-order valence-electron chi connectivity index (χ1n) is 8.76. The van der Waals surface area contributed by atoms with Gasteiger partial charge in [-0.25, -0.2) is 4.79 Å². The molecule has 2 heterocycles. The standard InChI is InChI=1S/C21H18ClN3O4/c1-12-6-7-15(22)10-17(12)24-19(26)14(3)29-21(27)18-13(2)28-20(16(18)11-23)25-8-4-5-9-25/h4-10,14H,1-3H3,(H,24,26)/t14-/m0/s1. The molecule has 0 fully saturated rings. The quantitative estimate of drug-likeness (QED) is 0.627. The fraction of sp³-hybridized carbons (Fsp3) is 0.190. The molecule has 1 aromatic carbocycles. The molecular weight excluding hydrogens is 394 g/mol. The van der Waals surface area contributed by atoms with Crippen LogP contribution in [-0.4, -0.2) is 22.5 Å². The molecule has 0 radical (unpaired) electrons. The Morgan fingerprint density at radius 1 is 1.28 bits per heavy atom. The predicted molar refractivity (Wildman–Crippen MR) is 107 cm³/mol. The largest absolute Gasteiger partial charge is 0.449 e. The van der Waals surface area contributed by atoms with Crippen LogP contribution in [0.2, 0.25) is 5.02 Å². The van der Waals surface area contributed by atoms with Crippen LogP contribution in [0.15, 0.2) is 47.1 Å². The van der Waals surface area contributed by atoms with E-state index < -0.39 is 18.0 Å². The number of rotatable bonds is 5. The fourth-order valence-electron chi connectivity index (χ4n) is 2.77. The van der Waals surface area contributed by atoms with E-state index in [1.165, 1.54) is 6.92 Å². The molecule has 2 aromatic heterocycles. The minimum atomic E-state index is -1.10. The lowest BCUT2D eigenvalue weighted by atomic mass is 10.1. The number of hydrogen-bond donors (Lipinski definition) is 1. The highest BCUT2D eigenvalue weighted by molar-refractivity contribution is 6.31. The number of carbonyl (C=O) groups excluding carboxylic acids is 2. The number of hydrogen-bond acceptors (Lipinski definition) is 5. The van der Waals surface area contributed by atoms with E-state index >= 15 is 0 Å². The van der Waals surface area contributed by atoms with Gasteiger partial charge >= 0.3 is 5.97 Å². The number of aromatic nitrogens is 1. The predicted octanol–water partition coefficient (Wildman–Crippen LogP) is 4.40. The second-order valence-corrected chi connectivity index (χ2v) is 6.85. The number of halogens is 1. The van der Waals surface area contributed by atoms with Crippen molar-refractivity contribution in [2.75, 3.05) is 5.32 Å². The lowest BCUT2D eigenvalue weighted by Crippen LogP contribution is -2.30. The van der Waals surface area contributed by atoms with Crippen molar-refractivity contribution in [3.63, 3.8) is 0 Å². The minimum Gasteiger partial charge on any atom is -0.449 e. The number of nitriles is 1. The molecule has 1 N–H and O–H groups in total. The van der Waals surface area contributed by atoms with Crippen molar-refractivity contribution in [2.45, 2.75) is 26.9 Å². The summed E-state index contributed by atoms with van der Waals surface area (Å²) in [6, 6.07) is 10.6. The van der Waals surface area contributed by atoms with Crippen molar-refractivity contribution in [3.05, 3.63) is 70.2 Å². The summed E-state index contributed by atoms with van der Waals surface area (Å²) >= 11 is 5.96. The number of furan rings is 1. The summed E-state index contributed by atoms with van der Waals surface area (Å²) in [5, 5.41) is 12.7. The van der Waals surface area contributed by atoms with E-state index in [0.717, 1.165) is 5.56 Å². The van der Waals surface area contributed by atoms with Crippen molar-refractivity contribution < 1.29 is 18.7 Å². The highest BCUT2D eigenvalue weighted by Gasteiger charge is 2.28. The smallest absolute Gasteiger partial charge is 0.343 e. The Bertz CT molecular complexity index is 1110. The van der Waals surface area contributed by atoms with Gasteiger partial charge in [-0.3, -0.25) is 9.36 Å². The molecule has 0 saturated heterocycles. The van der Waals surface area contributed by atoms with E-state index in [-0.39, 0.29) is 22.8 Å². The Kier molecular flexibility index (Phi) is 5.76. The number of anilines is 1. The maximum Gasteiger partial charge on any atom is 0.343 e. The normalized spacial score (nSPS) is 11.6. The molecule has 0 aliphatic carbocycles. The van der Waals surface area contributed by atoms with E-state index in [9.17, 15) is 14.9 Å². The van der Waals surface area contributed by atoms with Gasteiger partial charge in [0.1, 0.15) is 23.0 Å². The van der Waals surface area contributed by atoms with Crippen molar-refractivity contribution in [2.24, 2.45) is 0 Å². The zero-order valence-corrected chi connectivity index (χ0v) is 16.8. The van der Waals surface area contributed by atoms with Crippen LogP contribution < -0.4 is 5.32 Å². The monoisotopic (exact) mass is 411 g/mol. The highest BCUT2D eigenvalue weighted by atomic mass is 35.5. The van der Waals surface area contributed by atoms with Crippen LogP contribution >= 0.6 is 11.6 Å². The molecule has 3 aromatic rings. The molecule has 148 valence electrons. The average molecular weight is 412 g/mol. The van der Waals surface area contributed by atoms with E-state index in [1.54, 1.807) is 54.2 Å². The highest BCUT2D eigenvalue weighted by Crippen LogP contribution is 2.27. The third kappa shape index (κ3) is 4.18. The molecule has 0 saturated carbocycles. The number of nitrogens with one attached hydrogen (secondary N) is 1. The van der Waals surface area contributed by atoms with Gasteiger partial charge in [-0.15, -0.1) is 0 Å². The zero-order chi connectivity index (χ0) is 21.1. The summed E-state index contributed by atoms with van der Waals surface area (Å²) in [6.45, 7) is 4.82. The summed E-state index contributed by atoms with van der Waals surface area (Å²) in [7, 11) is 0. The second-order valence-electron chi connectivity index (χ2n) is 6.41. The van der Waals surface area contributed by atoms with Crippen LogP contribution in [0.3, 0.4) is 0 Å². The van der Waals surface area contributed by atoms with Gasteiger partial charge in [-0.2, -0.15) is 5.26 Å². The molecule has 1 atom stereocenters. The van der Waals surface area contributed by atoms with Gasteiger partial charge in [0.25, 0.3) is 5.91 Å². The van der Waals surface area contributed by atoms with Gasteiger partial charge in [0.2, 0.25) is 5.88 Å². The van der Waals surface area contributed by atoms with Gasteiger partial charge in [0, 0.05) is 23.1 Å². The van der Waals surface area contributed by atoms with Crippen LogP contribution in [0.1, 0.15) is 34.2 Å². The summed E-state index contributed by atoms with van der Waals surface area (Å²) in [5.74, 6) is -0.886. The van der Waals surface area contributed by atoms with Gasteiger partial charge in [0.05, 0.1) is 0 Å². The van der Waals surface area contributed by atoms with Gasteiger partial charge in [0.15, 0.2) is 6.10 Å². The van der Waals surface area contributed by atoms with Crippen LogP contribution in [0.25, 0.3) is 5.88 Å². The molecule has 0 aliphatic heterocycles. The fourth-order valence-corrected chi connectivity index (χ4v) is 2.94. The molecule has 8 heteroatoms. The van der Waals surface area contributed by atoms with Gasteiger partial charge in [-0.1, -0.05) is 17.7 Å². The Morgan fingerprint density at radius 2 is 1.97 bits per heavy atom. The number of carbonyl (C=O) groups is 2. The summed E-state index contributed by atoms with van der Waals surface area (Å²) < 4.78 is 12.5. The van der Waals surface area contributed by atoms with Crippen molar-refractivity contribution in [1.29, 1.82) is 5.26 Å². The van der Waals surface area contributed by atoms with Gasteiger partial charge < -0.3 is 14.5 Å². The number of amides is 1. The number of ether oxygens (including phenoxy) is 1. The summed E-state index contributed by atoms with van der Waals surface area (Å²) in [5.41, 5.74) is 1.38. The number of benzene rings is 1. The van der Waals surface area contributed by atoms with Crippen molar-refractivity contribution in [1.82, 2.24) is 4.57 Å². The summed E-state index contributed by atoms with van der Waals surface area (Å²) in [4.78, 5) is 25.1. The van der Waals surface area contributed by atoms with E-state index in [2.05, 4.69) is 5.32 Å². The molecule has 7 nitrogen and oxygen atoms in total. The molecule has 3 rings (SSSR count). The van der Waals surface area contributed by atoms with E-state index in [4.69, 9.17) is 20.8 Å². The Balaban J connectivity index is 1.79. The first-order chi connectivity index (χ1) is 13.8. The average Bonchev–Trinajstić information content (AvgIpc) is 3.31. The molecule has 29 heavy (non-hydrogen) atoms. The second kappa shape index (κ2) is 8.25. The lowest BCUT2D eigenvalue weighted by molar-refractivity contribution is -0.123. The Hall–Kier alpha value is -3.50. The molecule has 1 amide bonds. The van der Waals surface area contributed by atoms with E-state index in [0.29, 0.717) is 10.7 Å². The maximum atomic E-state index is 12.7. The molecular formula is C21H18ClN3O4. The molecule has 0 aliphatic rings. The minimum absolute atomic E-state index is 0.00483. The van der Waals surface area contributed by atoms with Crippen LogP contribution in [0.5, 0.6) is 0 Å². The molecule has 0 spiro atoms. The number of esters is 1. The van der Waals surface area contributed by atoms with Crippen molar-refractivity contribution >= 4 is 29.2 Å². The SMILES string of the molecule is Cc1ccc(Cl)cc1NC(=O)[C@H](C)OC(=O)c1c(C)oc(-n2cccc2)c1C#N. The number of nitrogens with zero attached hydrogens (tertiary/aromatic N) is 2. The third-order valence-corrected chi connectivity index (χ3v) is 4.57. The van der Waals surface area contributed by atoms with Crippen molar-refractivity contribution in [3.8, 4) is 12.0 Å². The lowest BCUT2D eigenvalue weighted by Gasteiger charge is -2.15. The van der Waals surface area contributed by atoms with Gasteiger partial charge in [-0.05, 0) is 50.6 Å². The maximum absolute atomic E-state index is 12.7. The third-order valence-electron chi connectivity index (χ3n) is 4.33. The molecule has 0 bridgehead atoms. The number of aryl methyl sites for hydroxylation is 2. The molecule has 0 unspecified atom stereocenters. The topological polar surface area (TPSA) is 97.3 Å². The summed E-state index contributed by atoms with van der Waals surface area (Å²) in [6.07, 6.45) is 2.28. The zero-order valence-electron chi connectivity index (χ0n) is 16.0. The van der Waals surface area contributed by atoms with E-state index in [1.807, 2.05) is 13.0 Å². The first-order valence-corrected chi connectivity index (χ1v) is 9.14. The van der Waals surface area contributed by atoms with Crippen LogP contribution in [0.4, 0.5) is 5.69 Å². The Morgan fingerprint density at radius 3 is 2.62 bits per heavy atom. The Labute approximate surface area is 172 Å². The first kappa shape index (κ1) is 20.2. The van der Waals surface area contributed by atoms with Crippen LogP contribution in [0, 0.1) is 25.2 Å². The van der Waals surface area contributed by atoms with Crippen LogP contribution in [-0.2, 0) is 9.53 Å².